The smallest absolute Gasteiger partial charge is 0.0814 e. The molecule has 5 heterocycles. The molecule has 0 aliphatic carbocycles. The lowest BCUT2D eigenvalue weighted by Crippen LogP contribution is -1.91. The van der Waals surface area contributed by atoms with Gasteiger partial charge in [0.1, 0.15) is 0 Å². The van der Waals surface area contributed by atoms with Crippen molar-refractivity contribution in [1.29, 1.82) is 0 Å². The lowest BCUT2D eigenvalue weighted by Gasteiger charge is -2.03. The van der Waals surface area contributed by atoms with Crippen LogP contribution in [0.1, 0.15) is 39.0 Å². The number of hydrogen-bond donors (Lipinski definition) is 0. The maximum Gasteiger partial charge on any atom is 0.0814 e. The van der Waals surface area contributed by atoms with Gasteiger partial charge in [0.15, 0.2) is 0 Å². The summed E-state index contributed by atoms with van der Waals surface area (Å²) in [5.41, 5.74) is 0. The Balaban J connectivity index is 1.23. The van der Waals surface area contributed by atoms with E-state index in [9.17, 15) is 0 Å². The highest BCUT2D eigenvalue weighted by atomic mass is 32.1. The van der Waals surface area contributed by atoms with E-state index in [4.69, 9.17) is 18.9 Å². The third-order valence-corrected chi connectivity index (χ3v) is 8.95. The first-order valence-corrected chi connectivity index (χ1v) is 13.7. The maximum atomic E-state index is 5.93. The monoisotopic (exact) mass is 504 g/mol. The molecule has 32 heavy (non-hydrogen) atoms. The van der Waals surface area contributed by atoms with E-state index in [-0.39, 0.29) is 0 Å². The lowest BCUT2D eigenvalue weighted by molar-refractivity contribution is 0.110. The van der Waals surface area contributed by atoms with E-state index >= 15 is 0 Å². The van der Waals surface area contributed by atoms with E-state index in [1.165, 1.54) is 39.0 Å². The summed E-state index contributed by atoms with van der Waals surface area (Å²) in [5.74, 6) is 0. The molecule has 0 fully saturated rings. The van der Waals surface area contributed by atoms with Crippen molar-refractivity contribution in [2.75, 3.05) is 0 Å². The van der Waals surface area contributed by atoms with Crippen molar-refractivity contribution >= 4 is 45.3 Å². The summed E-state index contributed by atoms with van der Waals surface area (Å²) in [6.07, 6.45) is 0. The van der Waals surface area contributed by atoms with Crippen LogP contribution in [0.25, 0.3) is 0 Å². The zero-order valence-corrected chi connectivity index (χ0v) is 20.8. The normalized spacial score (nSPS) is 16.5. The van der Waals surface area contributed by atoms with Gasteiger partial charge in [-0.15, -0.1) is 45.3 Å². The van der Waals surface area contributed by atoms with Crippen LogP contribution in [0.5, 0.6) is 0 Å². The van der Waals surface area contributed by atoms with Crippen molar-refractivity contribution in [2.45, 2.75) is 52.9 Å². The van der Waals surface area contributed by atoms with Crippen molar-refractivity contribution < 1.29 is 18.9 Å². The zero-order valence-electron chi connectivity index (χ0n) is 17.5. The summed E-state index contributed by atoms with van der Waals surface area (Å²) in [5, 5.41) is 0. The van der Waals surface area contributed by atoms with E-state index < -0.39 is 0 Å². The molecule has 0 atom stereocenters. The Kier molecular flexibility index (Phi) is 7.84. The van der Waals surface area contributed by atoms with E-state index in [1.807, 2.05) is 0 Å². The summed E-state index contributed by atoms with van der Waals surface area (Å²) in [4.78, 5) is 9.81. The predicted molar refractivity (Wildman–Crippen MR) is 131 cm³/mol. The van der Waals surface area contributed by atoms with Crippen molar-refractivity contribution in [1.82, 2.24) is 0 Å². The van der Waals surface area contributed by atoms with Crippen molar-refractivity contribution in [2.24, 2.45) is 0 Å². The molecule has 0 spiro atoms. The second kappa shape index (κ2) is 11.2. The molecule has 0 saturated carbocycles. The Labute approximate surface area is 204 Å². The van der Waals surface area contributed by atoms with Gasteiger partial charge in [-0.05, 0) is 48.5 Å². The number of thiophene rings is 4. The van der Waals surface area contributed by atoms with E-state index in [0.29, 0.717) is 52.9 Å². The topological polar surface area (TPSA) is 36.9 Å². The quantitative estimate of drug-likeness (QED) is 0.256. The van der Waals surface area contributed by atoms with Gasteiger partial charge in [-0.3, -0.25) is 0 Å². The first-order valence-electron chi connectivity index (χ1n) is 10.4. The van der Waals surface area contributed by atoms with Crippen LogP contribution in [-0.4, -0.2) is 0 Å². The van der Waals surface area contributed by atoms with Crippen LogP contribution in [0.2, 0.25) is 0 Å². The molecule has 168 valence electrons. The van der Waals surface area contributed by atoms with Crippen LogP contribution >= 0.6 is 45.3 Å². The minimum Gasteiger partial charge on any atom is -0.370 e. The van der Waals surface area contributed by atoms with Crippen LogP contribution in [0.3, 0.4) is 0 Å². The van der Waals surface area contributed by atoms with E-state index in [0.717, 1.165) is 0 Å². The second-order valence-corrected chi connectivity index (χ2v) is 12.5. The van der Waals surface area contributed by atoms with Crippen molar-refractivity contribution in [3.8, 4) is 0 Å². The zero-order chi connectivity index (χ0) is 21.6. The molecule has 1 aliphatic rings. The molecular weight excluding hydrogens is 481 g/mol. The van der Waals surface area contributed by atoms with Gasteiger partial charge < -0.3 is 18.9 Å². The second-order valence-electron chi connectivity index (χ2n) is 7.44. The predicted octanol–water partition coefficient (Wildman–Crippen LogP) is 7.11. The number of ether oxygens (including phenoxy) is 4. The number of fused-ring (bicyclic) bond motifs is 8. The van der Waals surface area contributed by atoms with Gasteiger partial charge in [0.2, 0.25) is 0 Å². The van der Waals surface area contributed by atoms with Crippen LogP contribution in [0.15, 0.2) is 48.5 Å². The standard InChI is InChI=1S/C24H24O4S4/c1-2-18-10-26-12-20-5-6-22(31-20)14-28-16-24-8-7-23(32-24)15-27-13-21-4-3-19(30-21)11-25-9-17(1)29-18/h1-8H,9-16H2. The fraction of sp³-hybridized carbons (Fsp3) is 0.333. The highest BCUT2D eigenvalue weighted by Crippen LogP contribution is 2.25. The minimum atomic E-state index is 0.628. The third-order valence-electron chi connectivity index (χ3n) is 4.82. The Bertz CT molecular complexity index is 872. The van der Waals surface area contributed by atoms with Crippen LogP contribution in [0.4, 0.5) is 0 Å². The average Bonchev–Trinajstić information content (AvgIpc) is 3.57. The van der Waals surface area contributed by atoms with E-state index in [2.05, 4.69) is 48.5 Å². The molecule has 1 aliphatic heterocycles. The van der Waals surface area contributed by atoms with Crippen LogP contribution < -0.4 is 0 Å². The summed E-state index contributed by atoms with van der Waals surface area (Å²) >= 11 is 7.02. The summed E-state index contributed by atoms with van der Waals surface area (Å²) in [6.45, 7) is 5.03. The molecule has 0 aromatic carbocycles. The summed E-state index contributed by atoms with van der Waals surface area (Å²) in [6, 6.07) is 17.1. The molecular formula is C24H24O4S4. The molecule has 4 aromatic rings. The highest BCUT2D eigenvalue weighted by molar-refractivity contribution is 7.12. The minimum absolute atomic E-state index is 0.628. The van der Waals surface area contributed by atoms with Gasteiger partial charge in [0.05, 0.1) is 52.9 Å². The van der Waals surface area contributed by atoms with Gasteiger partial charge in [0, 0.05) is 39.0 Å². The third kappa shape index (κ3) is 6.36. The molecule has 0 N–H and O–H groups in total. The van der Waals surface area contributed by atoms with Gasteiger partial charge in [-0.1, -0.05) is 0 Å². The summed E-state index contributed by atoms with van der Waals surface area (Å²) in [7, 11) is 0. The fourth-order valence-corrected chi connectivity index (χ4v) is 6.89. The van der Waals surface area contributed by atoms with E-state index in [1.54, 1.807) is 45.3 Å². The highest BCUT2D eigenvalue weighted by Gasteiger charge is 2.07. The van der Waals surface area contributed by atoms with Crippen LogP contribution in [-0.2, 0) is 71.8 Å². The molecule has 5 rings (SSSR count). The van der Waals surface area contributed by atoms with Crippen LogP contribution in [0, 0.1) is 0 Å². The molecule has 0 amide bonds. The Morgan fingerprint density at radius 2 is 0.469 bits per heavy atom. The molecule has 8 bridgehead atoms. The molecule has 4 nitrogen and oxygen atoms in total. The molecule has 8 heteroatoms. The van der Waals surface area contributed by atoms with Crippen molar-refractivity contribution in [3.05, 3.63) is 87.5 Å². The lowest BCUT2D eigenvalue weighted by atomic mass is 10.4. The molecule has 0 radical (unpaired) electrons. The van der Waals surface area contributed by atoms with Gasteiger partial charge >= 0.3 is 0 Å². The van der Waals surface area contributed by atoms with Gasteiger partial charge in [-0.2, -0.15) is 0 Å². The largest absolute Gasteiger partial charge is 0.370 e. The SMILES string of the molecule is c1cc2sc1COCc1ccc(s1)COCc1ccc(s1)COCc1ccc(s1)COC2. The Morgan fingerprint density at radius 3 is 0.625 bits per heavy atom. The Hall–Kier alpha value is -1.36. The molecule has 4 aromatic heterocycles. The molecule has 0 saturated heterocycles. The molecule has 0 unspecified atom stereocenters. The maximum absolute atomic E-state index is 5.93. The first kappa shape index (κ1) is 22.4. The number of hydrogen-bond acceptors (Lipinski definition) is 8. The number of rotatable bonds is 0. The van der Waals surface area contributed by atoms with Crippen molar-refractivity contribution in [3.63, 3.8) is 0 Å². The average molecular weight is 505 g/mol. The first-order chi connectivity index (χ1) is 15.8. The van der Waals surface area contributed by atoms with Gasteiger partial charge in [-0.25, -0.2) is 0 Å². The summed E-state index contributed by atoms with van der Waals surface area (Å²) < 4.78 is 23.7. The fourth-order valence-electron chi connectivity index (χ4n) is 3.32. The Morgan fingerprint density at radius 1 is 0.312 bits per heavy atom. The van der Waals surface area contributed by atoms with Gasteiger partial charge in [0.25, 0.3) is 0 Å².